The van der Waals surface area contributed by atoms with E-state index in [1.807, 2.05) is 0 Å². The minimum absolute atomic E-state index is 0. The molecule has 0 saturated heterocycles. The summed E-state index contributed by atoms with van der Waals surface area (Å²) in [5.41, 5.74) is 0. The number of hydrogen-bond acceptors (Lipinski definition) is 3. The van der Waals surface area contributed by atoms with Crippen LogP contribution in [0.3, 0.4) is 0 Å². The van der Waals surface area contributed by atoms with Crippen LogP contribution in [-0.4, -0.2) is 11.2 Å². The molecule has 0 aromatic carbocycles. The minimum Gasteiger partial charge on any atom is -1.00 e. The first-order valence-electron chi connectivity index (χ1n) is 1.09. The van der Waals surface area contributed by atoms with Crippen LogP contribution in [0.5, 0.6) is 0 Å². The van der Waals surface area contributed by atoms with E-state index in [1.165, 1.54) is 0 Å². The molecule has 7 heavy (non-hydrogen) atoms. The van der Waals surface area contributed by atoms with E-state index in [4.69, 9.17) is 5.26 Å². The quantitative estimate of drug-likeness (QED) is 0.204. The van der Waals surface area contributed by atoms with Crippen LogP contribution in [0.1, 0.15) is 6.92 Å². The molecule has 0 fully saturated rings. The monoisotopic (exact) mass is 134 g/mol. The maximum atomic E-state index is 9.34. The van der Waals surface area contributed by atoms with Gasteiger partial charge in [0.05, 0.1) is 0 Å². The van der Waals surface area contributed by atoms with Gasteiger partial charge in [0.1, 0.15) is 0 Å². The summed E-state index contributed by atoms with van der Waals surface area (Å²) in [7, 11) is 0. The average Bonchev–Trinajstić information content (AvgIpc) is 1.38. The van der Waals surface area contributed by atoms with Crippen molar-refractivity contribution in [2.45, 2.75) is 6.92 Å². The SMILES string of the molecule is CC(=O)OO.[Cl-].[Na+]. The number of carbonyl (C=O) groups excluding carboxylic acids is 1. The zero-order valence-corrected chi connectivity index (χ0v) is 6.90. The Labute approximate surface area is 69.7 Å². The van der Waals surface area contributed by atoms with Crippen LogP contribution in [0.15, 0.2) is 0 Å². The van der Waals surface area contributed by atoms with E-state index < -0.39 is 5.97 Å². The number of rotatable bonds is 0. The van der Waals surface area contributed by atoms with Crippen molar-refractivity contribution in [3.63, 3.8) is 0 Å². The molecule has 5 heteroatoms. The molecular weight excluding hydrogens is 130 g/mol. The molecule has 38 valence electrons. The maximum Gasteiger partial charge on any atom is 1.00 e. The van der Waals surface area contributed by atoms with Gasteiger partial charge >= 0.3 is 35.5 Å². The molecule has 0 spiro atoms. The van der Waals surface area contributed by atoms with Crippen molar-refractivity contribution in [1.82, 2.24) is 0 Å². The van der Waals surface area contributed by atoms with Gasteiger partial charge in [-0.1, -0.05) is 0 Å². The van der Waals surface area contributed by atoms with Crippen molar-refractivity contribution >= 4 is 5.97 Å². The van der Waals surface area contributed by atoms with Crippen LogP contribution >= 0.6 is 0 Å². The van der Waals surface area contributed by atoms with Gasteiger partial charge in [-0.25, -0.2) is 4.79 Å². The molecule has 3 nitrogen and oxygen atoms in total. The molecule has 0 aliphatic heterocycles. The van der Waals surface area contributed by atoms with Crippen molar-refractivity contribution in [3.05, 3.63) is 0 Å². The number of carbonyl (C=O) groups is 1. The summed E-state index contributed by atoms with van der Waals surface area (Å²) >= 11 is 0. The fraction of sp³-hybridized carbons (Fsp3) is 0.500. The second-order valence-electron chi connectivity index (χ2n) is 0.583. The van der Waals surface area contributed by atoms with Crippen molar-refractivity contribution in [2.24, 2.45) is 0 Å². The van der Waals surface area contributed by atoms with Crippen LogP contribution in [0, 0.1) is 0 Å². The normalized spacial score (nSPS) is 4.86. The molecule has 0 radical (unpaired) electrons. The summed E-state index contributed by atoms with van der Waals surface area (Å²) in [6.45, 7) is 1.11. The number of hydrogen-bond donors (Lipinski definition) is 1. The zero-order valence-electron chi connectivity index (χ0n) is 4.14. The molecule has 0 saturated carbocycles. The van der Waals surface area contributed by atoms with Gasteiger partial charge in [-0.15, -0.1) is 0 Å². The van der Waals surface area contributed by atoms with Crippen LogP contribution in [-0.2, 0) is 9.68 Å². The fourth-order valence-electron chi connectivity index (χ4n) is 0. The van der Waals surface area contributed by atoms with E-state index >= 15 is 0 Å². The topological polar surface area (TPSA) is 46.5 Å². The van der Waals surface area contributed by atoms with Crippen molar-refractivity contribution in [2.75, 3.05) is 0 Å². The Bertz CT molecular complexity index is 48.2. The third-order valence-electron chi connectivity index (χ3n) is 0.129. The first kappa shape index (κ1) is 15.6. The predicted molar refractivity (Wildman–Crippen MR) is 14.4 cm³/mol. The first-order valence-corrected chi connectivity index (χ1v) is 1.09. The Balaban J connectivity index is -0.0000000800. The molecule has 0 unspecified atom stereocenters. The van der Waals surface area contributed by atoms with Gasteiger partial charge in [0, 0.05) is 6.92 Å². The third-order valence-corrected chi connectivity index (χ3v) is 0.129. The zero-order chi connectivity index (χ0) is 4.28. The summed E-state index contributed by atoms with van der Waals surface area (Å²) in [6.07, 6.45) is 0. The Morgan fingerprint density at radius 1 is 1.71 bits per heavy atom. The molecule has 0 aromatic rings. The first-order chi connectivity index (χ1) is 2.27. The fourth-order valence-corrected chi connectivity index (χ4v) is 0. The summed E-state index contributed by atoms with van der Waals surface area (Å²) in [6, 6.07) is 0. The van der Waals surface area contributed by atoms with Gasteiger partial charge in [0.2, 0.25) is 0 Å². The van der Waals surface area contributed by atoms with Crippen molar-refractivity contribution < 1.29 is 56.9 Å². The van der Waals surface area contributed by atoms with Gasteiger partial charge in [-0.3, -0.25) is 0 Å². The van der Waals surface area contributed by atoms with Crippen LogP contribution < -0.4 is 42.0 Å². The van der Waals surface area contributed by atoms with Gasteiger partial charge in [-0.2, -0.15) is 5.26 Å². The predicted octanol–water partition coefficient (Wildman–Crippen LogP) is -5.97. The van der Waals surface area contributed by atoms with E-state index in [9.17, 15) is 4.79 Å². The molecule has 0 rings (SSSR count). The maximum absolute atomic E-state index is 9.34. The van der Waals surface area contributed by atoms with E-state index in [-0.39, 0.29) is 42.0 Å². The Morgan fingerprint density at radius 3 is 1.86 bits per heavy atom. The summed E-state index contributed by atoms with van der Waals surface area (Å²) in [4.78, 5) is 12.5. The molecule has 0 heterocycles. The molecule has 1 N–H and O–H groups in total. The van der Waals surface area contributed by atoms with Crippen molar-refractivity contribution in [1.29, 1.82) is 0 Å². The largest absolute Gasteiger partial charge is 1.00 e. The molecule has 0 bridgehead atoms. The van der Waals surface area contributed by atoms with Gasteiger partial charge in [-0.05, 0) is 0 Å². The molecule has 0 atom stereocenters. The second-order valence-corrected chi connectivity index (χ2v) is 0.583. The van der Waals surface area contributed by atoms with Gasteiger partial charge in [0.25, 0.3) is 0 Å². The standard InChI is InChI=1S/C2H4O3.ClH.Na/c1-2(3)5-4;;/h4H,1H3;1H;/q;;+1/p-1. The second kappa shape index (κ2) is 9.87. The van der Waals surface area contributed by atoms with E-state index in [1.54, 1.807) is 0 Å². The summed E-state index contributed by atoms with van der Waals surface area (Å²) in [5, 5.41) is 7.29. The Morgan fingerprint density at radius 2 is 1.86 bits per heavy atom. The average molecular weight is 134 g/mol. The molecular formula is C2H4ClNaO3. The van der Waals surface area contributed by atoms with Crippen molar-refractivity contribution in [3.8, 4) is 0 Å². The van der Waals surface area contributed by atoms with Crippen LogP contribution in [0.2, 0.25) is 0 Å². The minimum atomic E-state index is -0.690. The number of halogens is 1. The van der Waals surface area contributed by atoms with E-state index in [2.05, 4.69) is 4.89 Å². The van der Waals surface area contributed by atoms with Gasteiger partial charge < -0.3 is 17.3 Å². The summed E-state index contributed by atoms with van der Waals surface area (Å²) in [5.74, 6) is -0.690. The van der Waals surface area contributed by atoms with Gasteiger partial charge in [0.15, 0.2) is 0 Å². The molecule has 0 aliphatic carbocycles. The third kappa shape index (κ3) is 20.2. The van der Waals surface area contributed by atoms with E-state index in [0.29, 0.717) is 0 Å². The molecule has 0 amide bonds. The van der Waals surface area contributed by atoms with Crippen LogP contribution in [0.25, 0.3) is 0 Å². The molecule has 0 aromatic heterocycles. The van der Waals surface area contributed by atoms with E-state index in [0.717, 1.165) is 6.92 Å². The summed E-state index contributed by atoms with van der Waals surface area (Å²) < 4.78 is 0. The molecule has 0 aliphatic rings. The smallest absolute Gasteiger partial charge is 1.00 e. The Kier molecular flexibility index (Phi) is 22.1. The van der Waals surface area contributed by atoms with Crippen LogP contribution in [0.4, 0.5) is 0 Å². The Hall–Kier alpha value is 0.720.